The Labute approximate surface area is 149 Å². The van der Waals surface area contributed by atoms with Crippen molar-refractivity contribution in [3.05, 3.63) is 65.7 Å². The average molecular weight is 364 g/mol. The number of alkyl halides is 3. The number of nitrogens with two attached hydrogens (primary N) is 1. The van der Waals surface area contributed by atoms with Gasteiger partial charge in [0.15, 0.2) is 6.61 Å². The zero-order chi connectivity index (χ0) is 18.7. The summed E-state index contributed by atoms with van der Waals surface area (Å²) in [4.78, 5) is 14.3. The number of amides is 1. The summed E-state index contributed by atoms with van der Waals surface area (Å²) in [6.07, 6.45) is -4.40. The van der Waals surface area contributed by atoms with Crippen LogP contribution >= 0.6 is 0 Å². The van der Waals surface area contributed by atoms with Crippen LogP contribution in [0.3, 0.4) is 0 Å². The van der Waals surface area contributed by atoms with Crippen molar-refractivity contribution < 1.29 is 22.7 Å². The lowest BCUT2D eigenvalue weighted by Gasteiger charge is -2.17. The Morgan fingerprint density at radius 3 is 2.35 bits per heavy atom. The first-order valence-electron chi connectivity index (χ1n) is 8.23. The van der Waals surface area contributed by atoms with Crippen molar-refractivity contribution in [2.24, 2.45) is 5.73 Å². The highest BCUT2D eigenvalue weighted by Gasteiger charge is 2.34. The Morgan fingerprint density at radius 1 is 1.08 bits per heavy atom. The number of hydrogen-bond donors (Lipinski definition) is 1. The molecule has 26 heavy (non-hydrogen) atoms. The highest BCUT2D eigenvalue weighted by Crippen LogP contribution is 2.28. The summed E-state index contributed by atoms with van der Waals surface area (Å²) in [7, 11) is 0. The lowest BCUT2D eigenvalue weighted by atomic mass is 9.95. The number of carbonyl (C=O) groups is 1. The predicted octanol–water partition coefficient (Wildman–Crippen LogP) is 3.19. The second-order valence-corrected chi connectivity index (χ2v) is 6.32. The minimum atomic E-state index is -4.40. The lowest BCUT2D eigenvalue weighted by molar-refractivity contribution is -0.153. The van der Waals surface area contributed by atoms with Crippen LogP contribution in [0.1, 0.15) is 21.8 Å². The van der Waals surface area contributed by atoms with Gasteiger partial charge in [-0.2, -0.15) is 13.2 Å². The normalized spacial score (nSPS) is 20.2. The van der Waals surface area contributed by atoms with Crippen LogP contribution in [0.4, 0.5) is 13.2 Å². The third-order valence-corrected chi connectivity index (χ3v) is 4.38. The van der Waals surface area contributed by atoms with Crippen LogP contribution in [-0.2, 0) is 0 Å². The van der Waals surface area contributed by atoms with Crippen LogP contribution in [0.2, 0.25) is 0 Å². The Kier molecular flexibility index (Phi) is 5.18. The van der Waals surface area contributed by atoms with Gasteiger partial charge >= 0.3 is 6.18 Å². The van der Waals surface area contributed by atoms with Crippen LogP contribution in [0.5, 0.6) is 5.75 Å². The van der Waals surface area contributed by atoms with Gasteiger partial charge in [0.25, 0.3) is 5.91 Å². The standard InChI is InChI=1S/C19H19F3N2O2/c20-19(21,22)12-26-15-8-6-14(7-9-15)18(25)24-10-16(17(23)11-24)13-4-2-1-3-5-13/h1-9,16-17H,10-12,23H2/t16-,17+/m0/s1. The zero-order valence-electron chi connectivity index (χ0n) is 13.9. The van der Waals surface area contributed by atoms with E-state index in [0.29, 0.717) is 18.7 Å². The molecule has 0 aromatic heterocycles. The van der Waals surface area contributed by atoms with E-state index in [1.165, 1.54) is 24.3 Å². The number of ether oxygens (including phenoxy) is 1. The summed E-state index contributed by atoms with van der Waals surface area (Å²) < 4.78 is 41.2. The quantitative estimate of drug-likeness (QED) is 0.907. The lowest BCUT2D eigenvalue weighted by Crippen LogP contribution is -2.32. The maximum atomic E-state index is 12.6. The van der Waals surface area contributed by atoms with Gasteiger partial charge in [-0.05, 0) is 29.8 Å². The molecule has 0 aliphatic carbocycles. The third kappa shape index (κ3) is 4.35. The van der Waals surface area contributed by atoms with Gasteiger partial charge in [0.1, 0.15) is 5.75 Å². The Bertz CT molecular complexity index is 748. The summed E-state index contributed by atoms with van der Waals surface area (Å²) in [6.45, 7) is -0.416. The van der Waals surface area contributed by atoms with Crippen molar-refractivity contribution in [1.29, 1.82) is 0 Å². The molecule has 1 aliphatic heterocycles. The summed E-state index contributed by atoms with van der Waals surface area (Å²) >= 11 is 0. The van der Waals surface area contributed by atoms with Gasteiger partial charge in [-0.1, -0.05) is 30.3 Å². The molecule has 1 fully saturated rings. The smallest absolute Gasteiger partial charge is 0.422 e. The number of benzene rings is 2. The van der Waals surface area contributed by atoms with Crippen LogP contribution in [0.15, 0.2) is 54.6 Å². The molecule has 1 aliphatic rings. The molecule has 1 heterocycles. The predicted molar refractivity (Wildman–Crippen MR) is 91.1 cm³/mol. The van der Waals surface area contributed by atoms with E-state index in [1.807, 2.05) is 30.3 Å². The second kappa shape index (κ2) is 7.37. The summed E-state index contributed by atoms with van der Waals surface area (Å²) in [5.41, 5.74) is 7.68. The highest BCUT2D eigenvalue weighted by atomic mass is 19.4. The highest BCUT2D eigenvalue weighted by molar-refractivity contribution is 5.94. The first kappa shape index (κ1) is 18.3. The van der Waals surface area contributed by atoms with Gasteiger partial charge in [0, 0.05) is 30.6 Å². The molecule has 4 nitrogen and oxygen atoms in total. The molecular formula is C19H19F3N2O2. The van der Waals surface area contributed by atoms with E-state index in [2.05, 4.69) is 4.74 Å². The number of rotatable bonds is 4. The van der Waals surface area contributed by atoms with Gasteiger partial charge < -0.3 is 15.4 Å². The van der Waals surface area contributed by atoms with E-state index in [-0.39, 0.29) is 23.6 Å². The fourth-order valence-electron chi connectivity index (χ4n) is 3.09. The van der Waals surface area contributed by atoms with E-state index in [0.717, 1.165) is 5.56 Å². The van der Waals surface area contributed by atoms with Crippen LogP contribution in [-0.4, -0.2) is 42.7 Å². The van der Waals surface area contributed by atoms with Gasteiger partial charge in [-0.25, -0.2) is 0 Å². The van der Waals surface area contributed by atoms with Gasteiger partial charge in [-0.15, -0.1) is 0 Å². The number of halogens is 3. The van der Waals surface area contributed by atoms with Crippen molar-refractivity contribution in [2.45, 2.75) is 18.1 Å². The Balaban J connectivity index is 1.64. The molecule has 2 atom stereocenters. The molecule has 1 saturated heterocycles. The maximum absolute atomic E-state index is 12.6. The zero-order valence-corrected chi connectivity index (χ0v) is 13.9. The molecule has 0 bridgehead atoms. The van der Waals surface area contributed by atoms with Crippen molar-refractivity contribution in [2.75, 3.05) is 19.7 Å². The van der Waals surface area contributed by atoms with Crippen LogP contribution in [0, 0.1) is 0 Å². The third-order valence-electron chi connectivity index (χ3n) is 4.38. The number of nitrogens with zero attached hydrogens (tertiary/aromatic N) is 1. The monoisotopic (exact) mass is 364 g/mol. The summed E-state index contributed by atoms with van der Waals surface area (Å²) in [6, 6.07) is 15.3. The average Bonchev–Trinajstić information content (AvgIpc) is 3.02. The first-order chi connectivity index (χ1) is 12.3. The summed E-state index contributed by atoms with van der Waals surface area (Å²) in [5, 5.41) is 0. The van der Waals surface area contributed by atoms with Gasteiger partial charge in [-0.3, -0.25) is 4.79 Å². The SMILES string of the molecule is N[C@@H]1CN(C(=O)c2ccc(OCC(F)(F)F)cc2)C[C@H]1c1ccccc1. The molecule has 138 valence electrons. The molecule has 0 radical (unpaired) electrons. The second-order valence-electron chi connectivity index (χ2n) is 6.32. The molecule has 0 spiro atoms. The molecule has 2 aromatic rings. The van der Waals surface area contributed by atoms with Crippen LogP contribution < -0.4 is 10.5 Å². The van der Waals surface area contributed by atoms with Crippen LogP contribution in [0.25, 0.3) is 0 Å². The Morgan fingerprint density at radius 2 is 1.73 bits per heavy atom. The van der Waals surface area contributed by atoms with E-state index in [4.69, 9.17) is 5.73 Å². The van der Waals surface area contributed by atoms with Crippen molar-refractivity contribution in [3.63, 3.8) is 0 Å². The fraction of sp³-hybridized carbons (Fsp3) is 0.316. The van der Waals surface area contributed by atoms with Gasteiger partial charge in [0.05, 0.1) is 0 Å². The van der Waals surface area contributed by atoms with Crippen molar-refractivity contribution >= 4 is 5.91 Å². The largest absolute Gasteiger partial charge is 0.484 e. The first-order valence-corrected chi connectivity index (χ1v) is 8.23. The Hall–Kier alpha value is -2.54. The molecule has 3 rings (SSSR count). The van der Waals surface area contributed by atoms with E-state index in [1.54, 1.807) is 4.90 Å². The van der Waals surface area contributed by atoms with E-state index in [9.17, 15) is 18.0 Å². The maximum Gasteiger partial charge on any atom is 0.422 e. The minimum absolute atomic E-state index is 0.0644. The molecule has 1 amide bonds. The molecule has 0 unspecified atom stereocenters. The molecule has 2 aromatic carbocycles. The van der Waals surface area contributed by atoms with E-state index < -0.39 is 12.8 Å². The topological polar surface area (TPSA) is 55.6 Å². The number of likely N-dealkylation sites (tertiary alicyclic amines) is 1. The van der Waals surface area contributed by atoms with Crippen molar-refractivity contribution in [1.82, 2.24) is 4.90 Å². The van der Waals surface area contributed by atoms with E-state index >= 15 is 0 Å². The molecule has 2 N–H and O–H groups in total. The molecular weight excluding hydrogens is 345 g/mol. The fourth-order valence-corrected chi connectivity index (χ4v) is 3.09. The number of carbonyl (C=O) groups excluding carboxylic acids is 1. The molecule has 0 saturated carbocycles. The summed E-state index contributed by atoms with van der Waals surface area (Å²) in [5.74, 6) is -0.0602. The number of hydrogen-bond acceptors (Lipinski definition) is 3. The van der Waals surface area contributed by atoms with Gasteiger partial charge in [0.2, 0.25) is 0 Å². The molecule has 7 heteroatoms. The minimum Gasteiger partial charge on any atom is -0.484 e. The van der Waals surface area contributed by atoms with Crippen molar-refractivity contribution in [3.8, 4) is 5.75 Å².